The third kappa shape index (κ3) is 3.71. The minimum absolute atomic E-state index is 0.119. The molecule has 9 heteroatoms. The van der Waals surface area contributed by atoms with Crippen molar-refractivity contribution in [3.05, 3.63) is 77.6 Å². The van der Waals surface area contributed by atoms with Crippen LogP contribution in [0.4, 0.5) is 0 Å². The molecule has 0 unspecified atom stereocenters. The highest BCUT2D eigenvalue weighted by molar-refractivity contribution is 6.19. The summed E-state index contributed by atoms with van der Waals surface area (Å²) < 4.78 is 11.5. The lowest BCUT2D eigenvalue weighted by molar-refractivity contribution is 0.0952. The van der Waals surface area contributed by atoms with Crippen molar-refractivity contribution in [1.29, 1.82) is 0 Å². The number of nitrogens with zero attached hydrogens (tertiary/aromatic N) is 3. The summed E-state index contributed by atoms with van der Waals surface area (Å²) in [5.74, 6) is 1.43. The number of tetrazole rings is 1. The molecule has 0 fully saturated rings. The van der Waals surface area contributed by atoms with Crippen molar-refractivity contribution in [2.24, 2.45) is 0 Å². The largest absolute Gasteiger partial charge is 0.497 e. The van der Waals surface area contributed by atoms with E-state index < -0.39 is 0 Å². The summed E-state index contributed by atoms with van der Waals surface area (Å²) in [6.45, 7) is 0.557. The third-order valence-electron chi connectivity index (χ3n) is 5.18. The topological polar surface area (TPSA) is 118 Å². The molecule has 0 bridgehead atoms. The molecule has 3 aromatic carbocycles. The smallest absolute Gasteiger partial charge is 0.252 e. The van der Waals surface area contributed by atoms with Gasteiger partial charge in [0.1, 0.15) is 11.5 Å². The molecule has 0 atom stereocenters. The van der Waals surface area contributed by atoms with E-state index in [2.05, 4.69) is 30.9 Å². The van der Waals surface area contributed by atoms with Gasteiger partial charge in [-0.05, 0) is 17.7 Å². The standard InChI is InChI=1S/C23H20N6O3/c1-31-15-10-18-22(19(11-15)32-13-20-26-28-29-27-20)21-16(8-5-9-17(21)25-18)23(30)24-12-14-6-3-2-4-7-14/h2-11,25H,12-13H2,1H3,(H,24,30)(H,26,27,28,29). The molecule has 0 saturated heterocycles. The van der Waals surface area contributed by atoms with Gasteiger partial charge in [0.05, 0.1) is 18.0 Å². The van der Waals surface area contributed by atoms with Crippen molar-refractivity contribution in [1.82, 2.24) is 30.9 Å². The normalized spacial score (nSPS) is 11.0. The Hall–Kier alpha value is -4.40. The lowest BCUT2D eigenvalue weighted by atomic mass is 10.0. The quantitative estimate of drug-likeness (QED) is 0.366. The molecule has 2 aromatic heterocycles. The van der Waals surface area contributed by atoms with Crippen LogP contribution in [0.1, 0.15) is 21.7 Å². The van der Waals surface area contributed by atoms with Crippen molar-refractivity contribution in [2.45, 2.75) is 13.2 Å². The van der Waals surface area contributed by atoms with Crippen LogP contribution in [0, 0.1) is 0 Å². The second-order valence-electron chi connectivity index (χ2n) is 7.19. The number of H-pyrrole nitrogens is 2. The number of amides is 1. The van der Waals surface area contributed by atoms with Crippen LogP contribution in [0.3, 0.4) is 0 Å². The summed E-state index contributed by atoms with van der Waals surface area (Å²) in [5.41, 5.74) is 3.20. The van der Waals surface area contributed by atoms with Gasteiger partial charge in [-0.2, -0.15) is 5.21 Å². The van der Waals surface area contributed by atoms with E-state index in [-0.39, 0.29) is 12.5 Å². The first kappa shape index (κ1) is 19.6. The zero-order valence-corrected chi connectivity index (χ0v) is 17.3. The molecular weight excluding hydrogens is 408 g/mol. The minimum atomic E-state index is -0.166. The van der Waals surface area contributed by atoms with Gasteiger partial charge in [0, 0.05) is 35.1 Å². The van der Waals surface area contributed by atoms with Crippen LogP contribution in [-0.2, 0) is 13.2 Å². The maximum atomic E-state index is 13.1. The number of aromatic amines is 2. The highest BCUT2D eigenvalue weighted by Gasteiger charge is 2.19. The van der Waals surface area contributed by atoms with Gasteiger partial charge < -0.3 is 19.8 Å². The van der Waals surface area contributed by atoms with Crippen molar-refractivity contribution in [2.75, 3.05) is 7.11 Å². The highest BCUT2D eigenvalue weighted by atomic mass is 16.5. The number of hydrogen-bond donors (Lipinski definition) is 3. The molecule has 9 nitrogen and oxygen atoms in total. The Kier molecular flexibility index (Phi) is 5.12. The summed E-state index contributed by atoms with van der Waals surface area (Å²) in [6.07, 6.45) is 0. The first-order chi connectivity index (χ1) is 15.7. The predicted octanol–water partition coefficient (Wildman–Crippen LogP) is 3.35. The van der Waals surface area contributed by atoms with Crippen molar-refractivity contribution >= 4 is 27.7 Å². The first-order valence-corrected chi connectivity index (χ1v) is 10.0. The maximum absolute atomic E-state index is 13.1. The Labute approximate surface area is 182 Å². The summed E-state index contributed by atoms with van der Waals surface area (Å²) in [5, 5.41) is 18.4. The maximum Gasteiger partial charge on any atom is 0.252 e. The van der Waals surface area contributed by atoms with E-state index in [1.807, 2.05) is 54.6 Å². The number of benzene rings is 3. The number of fused-ring (bicyclic) bond motifs is 3. The molecule has 0 aliphatic rings. The van der Waals surface area contributed by atoms with E-state index in [0.29, 0.717) is 29.4 Å². The van der Waals surface area contributed by atoms with Crippen LogP contribution < -0.4 is 14.8 Å². The van der Waals surface area contributed by atoms with Crippen LogP contribution >= 0.6 is 0 Å². The summed E-state index contributed by atoms with van der Waals surface area (Å²) in [6, 6.07) is 19.0. The van der Waals surface area contributed by atoms with Gasteiger partial charge in [0.25, 0.3) is 5.91 Å². The number of nitrogens with one attached hydrogen (secondary N) is 3. The average Bonchev–Trinajstić information content (AvgIpc) is 3.49. The highest BCUT2D eigenvalue weighted by Crippen LogP contribution is 2.38. The summed E-state index contributed by atoms with van der Waals surface area (Å²) in [7, 11) is 1.59. The van der Waals surface area contributed by atoms with Gasteiger partial charge in [0.2, 0.25) is 5.82 Å². The molecule has 32 heavy (non-hydrogen) atoms. The molecule has 5 rings (SSSR count). The van der Waals surface area contributed by atoms with Crippen LogP contribution in [0.2, 0.25) is 0 Å². The molecule has 5 aromatic rings. The van der Waals surface area contributed by atoms with Crippen molar-refractivity contribution in [3.8, 4) is 11.5 Å². The lowest BCUT2D eigenvalue weighted by Gasteiger charge is -2.10. The molecule has 0 spiro atoms. The van der Waals surface area contributed by atoms with Crippen molar-refractivity contribution in [3.63, 3.8) is 0 Å². The molecule has 0 aliphatic heterocycles. The van der Waals surface area contributed by atoms with Gasteiger partial charge >= 0.3 is 0 Å². The number of hydrogen-bond acceptors (Lipinski definition) is 6. The zero-order chi connectivity index (χ0) is 21.9. The van der Waals surface area contributed by atoms with Gasteiger partial charge in [-0.25, -0.2) is 0 Å². The van der Waals surface area contributed by atoms with Crippen LogP contribution in [0.5, 0.6) is 11.5 Å². The molecular formula is C23H20N6O3. The zero-order valence-electron chi connectivity index (χ0n) is 17.3. The first-order valence-electron chi connectivity index (χ1n) is 10.0. The molecule has 0 aliphatic carbocycles. The van der Waals surface area contributed by atoms with Gasteiger partial charge in [-0.1, -0.05) is 41.6 Å². The Balaban J connectivity index is 1.56. The number of ether oxygens (including phenoxy) is 2. The Bertz CT molecular complexity index is 1380. The Morgan fingerprint density at radius 2 is 1.91 bits per heavy atom. The van der Waals surface area contributed by atoms with Crippen molar-refractivity contribution < 1.29 is 14.3 Å². The fraction of sp³-hybridized carbons (Fsp3) is 0.130. The van der Waals surface area contributed by atoms with E-state index in [9.17, 15) is 4.79 Å². The fourth-order valence-corrected chi connectivity index (χ4v) is 3.70. The average molecular weight is 428 g/mol. The van der Waals surface area contributed by atoms with Crippen LogP contribution in [0.15, 0.2) is 60.7 Å². The number of carbonyl (C=O) groups is 1. The molecule has 3 N–H and O–H groups in total. The monoisotopic (exact) mass is 428 g/mol. The second kappa shape index (κ2) is 8.38. The number of rotatable bonds is 7. The van der Waals surface area contributed by atoms with E-state index in [0.717, 1.165) is 27.4 Å². The molecule has 0 saturated carbocycles. The van der Waals surface area contributed by atoms with Crippen LogP contribution in [0.25, 0.3) is 21.8 Å². The number of methoxy groups -OCH3 is 1. The van der Waals surface area contributed by atoms with Gasteiger partial charge in [-0.15, -0.1) is 10.2 Å². The lowest BCUT2D eigenvalue weighted by Crippen LogP contribution is -2.22. The molecule has 160 valence electrons. The van der Waals surface area contributed by atoms with E-state index in [1.165, 1.54) is 0 Å². The minimum Gasteiger partial charge on any atom is -0.497 e. The van der Waals surface area contributed by atoms with Crippen LogP contribution in [-0.4, -0.2) is 38.6 Å². The molecule has 2 heterocycles. The summed E-state index contributed by atoms with van der Waals surface area (Å²) in [4.78, 5) is 16.5. The van der Waals surface area contributed by atoms with E-state index in [4.69, 9.17) is 9.47 Å². The number of carbonyl (C=O) groups excluding carboxylic acids is 1. The van der Waals surface area contributed by atoms with E-state index in [1.54, 1.807) is 13.2 Å². The molecule has 1 amide bonds. The summed E-state index contributed by atoms with van der Waals surface area (Å²) >= 11 is 0. The second-order valence-corrected chi connectivity index (χ2v) is 7.19. The fourth-order valence-electron chi connectivity index (χ4n) is 3.70. The predicted molar refractivity (Wildman–Crippen MR) is 118 cm³/mol. The number of aromatic nitrogens is 5. The van der Waals surface area contributed by atoms with Gasteiger partial charge in [0.15, 0.2) is 6.61 Å². The Morgan fingerprint density at radius 1 is 1.03 bits per heavy atom. The van der Waals surface area contributed by atoms with E-state index >= 15 is 0 Å². The van der Waals surface area contributed by atoms with Gasteiger partial charge in [-0.3, -0.25) is 4.79 Å². The SMILES string of the molecule is COc1cc(OCc2nn[nH]n2)c2c(c1)[nH]c1cccc(C(=O)NCc3ccccc3)c12. The Morgan fingerprint density at radius 3 is 2.69 bits per heavy atom. The molecule has 0 radical (unpaired) electrons. The third-order valence-corrected chi connectivity index (χ3v) is 5.18.